The monoisotopic (exact) mass is 618 g/mol. The van der Waals surface area contributed by atoms with E-state index in [1.165, 1.54) is 64.2 Å². The Morgan fingerprint density at radius 1 is 0.568 bits per heavy atom. The number of hydrogen-bond acceptors (Lipinski definition) is 6. The van der Waals surface area contributed by atoms with Gasteiger partial charge in [-0.05, 0) is 38.5 Å². The van der Waals surface area contributed by atoms with Gasteiger partial charge in [0.2, 0.25) is 0 Å². The number of aliphatic hydroxyl groups is 2. The summed E-state index contributed by atoms with van der Waals surface area (Å²) in [6.07, 6.45) is 37.7. The molecule has 6 nitrogen and oxygen atoms in total. The zero-order valence-electron chi connectivity index (χ0n) is 28.3. The van der Waals surface area contributed by atoms with E-state index >= 15 is 0 Å². The summed E-state index contributed by atoms with van der Waals surface area (Å²) in [5.41, 5.74) is 0. The van der Waals surface area contributed by atoms with Crippen molar-refractivity contribution in [3.05, 3.63) is 48.6 Å². The van der Waals surface area contributed by atoms with E-state index in [1.807, 2.05) is 18.2 Å². The molecule has 0 saturated carbocycles. The number of esters is 2. The molecule has 0 radical (unpaired) electrons. The van der Waals surface area contributed by atoms with Crippen LogP contribution in [0.3, 0.4) is 0 Å². The number of carbonyl (C=O) groups is 2. The van der Waals surface area contributed by atoms with Crippen LogP contribution < -0.4 is 0 Å². The van der Waals surface area contributed by atoms with E-state index in [0.29, 0.717) is 12.8 Å². The van der Waals surface area contributed by atoms with Gasteiger partial charge < -0.3 is 19.7 Å². The predicted octanol–water partition coefficient (Wildman–Crippen LogP) is 9.64. The molecule has 254 valence electrons. The van der Waals surface area contributed by atoms with Crippen molar-refractivity contribution in [2.45, 2.75) is 167 Å². The molecule has 0 aliphatic carbocycles. The molecule has 6 heteroatoms. The van der Waals surface area contributed by atoms with Gasteiger partial charge in [-0.1, -0.05) is 152 Å². The Kier molecular flexibility index (Phi) is 32.0. The first-order valence-electron chi connectivity index (χ1n) is 17.8. The Bertz CT molecular complexity index is 769. The topological polar surface area (TPSA) is 93.1 Å². The van der Waals surface area contributed by atoms with E-state index in [4.69, 9.17) is 9.47 Å². The van der Waals surface area contributed by atoms with Crippen LogP contribution in [0.15, 0.2) is 48.6 Å². The quantitative estimate of drug-likeness (QED) is 0.0348. The van der Waals surface area contributed by atoms with Gasteiger partial charge in [-0.3, -0.25) is 9.59 Å². The number of hydrogen-bond donors (Lipinski definition) is 2. The van der Waals surface area contributed by atoms with E-state index in [-0.39, 0.29) is 37.7 Å². The third-order valence-corrected chi connectivity index (χ3v) is 7.42. The second kappa shape index (κ2) is 33.7. The molecule has 0 fully saturated rings. The summed E-state index contributed by atoms with van der Waals surface area (Å²) in [6, 6.07) is 0. The lowest BCUT2D eigenvalue weighted by Crippen LogP contribution is -2.25. The third-order valence-electron chi connectivity index (χ3n) is 7.42. The molecular weight excluding hydrogens is 552 g/mol. The average molecular weight is 619 g/mol. The van der Waals surface area contributed by atoms with Crippen molar-refractivity contribution >= 4 is 11.9 Å². The Balaban J connectivity index is 3.62. The minimum atomic E-state index is -0.996. The van der Waals surface area contributed by atoms with Crippen LogP contribution in [0, 0.1) is 0 Å². The summed E-state index contributed by atoms with van der Waals surface area (Å²) in [4.78, 5) is 23.8. The van der Waals surface area contributed by atoms with Crippen LogP contribution in [0.2, 0.25) is 0 Å². The molecule has 2 N–H and O–H groups in total. The summed E-state index contributed by atoms with van der Waals surface area (Å²) in [5.74, 6) is -0.656. The predicted molar refractivity (Wildman–Crippen MR) is 183 cm³/mol. The molecule has 0 rings (SSSR count). The van der Waals surface area contributed by atoms with Crippen molar-refractivity contribution in [2.75, 3.05) is 13.2 Å². The zero-order chi connectivity index (χ0) is 32.4. The van der Waals surface area contributed by atoms with Gasteiger partial charge in [0.05, 0.1) is 6.10 Å². The molecule has 0 aliphatic heterocycles. The Morgan fingerprint density at radius 2 is 1.05 bits per heavy atom. The molecule has 0 aromatic rings. The molecule has 0 spiro atoms. The zero-order valence-corrected chi connectivity index (χ0v) is 28.3. The summed E-state index contributed by atoms with van der Waals surface area (Å²) >= 11 is 0. The Labute approximate surface area is 270 Å². The number of carbonyl (C=O) groups excluding carboxylic acids is 2. The molecule has 0 unspecified atom stereocenters. The Morgan fingerprint density at radius 3 is 1.64 bits per heavy atom. The van der Waals surface area contributed by atoms with E-state index < -0.39 is 6.10 Å². The smallest absolute Gasteiger partial charge is 0.305 e. The second-order valence-corrected chi connectivity index (χ2v) is 11.8. The molecule has 0 amide bonds. The highest BCUT2D eigenvalue weighted by Crippen LogP contribution is 2.13. The highest BCUT2D eigenvalue weighted by Gasteiger charge is 2.12. The first-order chi connectivity index (χ1) is 21.5. The third kappa shape index (κ3) is 32.7. The SMILES string of the molecule is CCCCCCCCCCCCCCC(=O)OC[C@@H](O)COC(=O)CCC/C=C\C/C=C\C/C=C\C=C\[C@H](O)CCCCC. The fourth-order valence-corrected chi connectivity index (χ4v) is 4.66. The van der Waals surface area contributed by atoms with E-state index in [1.54, 1.807) is 0 Å². The van der Waals surface area contributed by atoms with Gasteiger partial charge in [-0.15, -0.1) is 0 Å². The van der Waals surface area contributed by atoms with Crippen molar-refractivity contribution < 1.29 is 29.3 Å². The minimum absolute atomic E-state index is 0.143. The van der Waals surface area contributed by atoms with E-state index in [0.717, 1.165) is 57.8 Å². The number of aliphatic hydroxyl groups excluding tert-OH is 2. The van der Waals surface area contributed by atoms with Crippen LogP contribution in [0.1, 0.15) is 155 Å². The summed E-state index contributed by atoms with van der Waals surface area (Å²) in [6.45, 7) is 4.11. The standard InChI is InChI=1S/C38H66O6/c1-3-5-7-8-9-10-11-14-17-20-23-27-31-37(41)43-33-36(40)34-44-38(42)32-28-24-21-18-15-12-13-16-19-22-26-30-35(39)29-25-6-4-2/h12-13,18-19,21-22,26,30,35-36,39-40H,3-11,14-17,20,23-25,27-29,31-34H2,1-2H3/b13-12-,21-18-,22-19-,30-26+/t35-,36-/m1/s1. The molecule has 44 heavy (non-hydrogen) atoms. The molecular formula is C38H66O6. The van der Waals surface area contributed by atoms with Crippen LogP contribution >= 0.6 is 0 Å². The van der Waals surface area contributed by atoms with Gasteiger partial charge in [-0.25, -0.2) is 0 Å². The van der Waals surface area contributed by atoms with Crippen LogP contribution in [-0.2, 0) is 19.1 Å². The minimum Gasteiger partial charge on any atom is -0.463 e. The fourth-order valence-electron chi connectivity index (χ4n) is 4.66. The second-order valence-electron chi connectivity index (χ2n) is 11.8. The largest absolute Gasteiger partial charge is 0.463 e. The summed E-state index contributed by atoms with van der Waals surface area (Å²) < 4.78 is 10.2. The molecule has 0 aromatic carbocycles. The van der Waals surface area contributed by atoms with Crippen molar-refractivity contribution in [3.63, 3.8) is 0 Å². The van der Waals surface area contributed by atoms with Crippen molar-refractivity contribution in [2.24, 2.45) is 0 Å². The highest BCUT2D eigenvalue weighted by atomic mass is 16.6. The lowest BCUT2D eigenvalue weighted by molar-refractivity contribution is -0.152. The fraction of sp³-hybridized carbons (Fsp3) is 0.737. The van der Waals surface area contributed by atoms with Crippen molar-refractivity contribution in [1.82, 2.24) is 0 Å². The van der Waals surface area contributed by atoms with E-state index in [9.17, 15) is 19.8 Å². The van der Waals surface area contributed by atoms with Gasteiger partial charge in [0.15, 0.2) is 0 Å². The Hall–Kier alpha value is -2.18. The maximum atomic E-state index is 11.9. The summed E-state index contributed by atoms with van der Waals surface area (Å²) in [5, 5.41) is 19.8. The number of unbranched alkanes of at least 4 members (excludes halogenated alkanes) is 14. The maximum Gasteiger partial charge on any atom is 0.305 e. The van der Waals surface area contributed by atoms with Gasteiger partial charge >= 0.3 is 11.9 Å². The van der Waals surface area contributed by atoms with Crippen LogP contribution in [0.25, 0.3) is 0 Å². The van der Waals surface area contributed by atoms with Crippen LogP contribution in [0.4, 0.5) is 0 Å². The number of ether oxygens (including phenoxy) is 2. The molecule has 2 atom stereocenters. The number of allylic oxidation sites excluding steroid dienone is 7. The number of rotatable bonds is 31. The summed E-state index contributed by atoms with van der Waals surface area (Å²) in [7, 11) is 0. The first-order valence-corrected chi connectivity index (χ1v) is 17.8. The van der Waals surface area contributed by atoms with Gasteiger partial charge in [0.1, 0.15) is 19.3 Å². The lowest BCUT2D eigenvalue weighted by Gasteiger charge is -2.12. The molecule has 0 heterocycles. The first kappa shape index (κ1) is 41.8. The van der Waals surface area contributed by atoms with E-state index in [2.05, 4.69) is 44.2 Å². The molecule has 0 aliphatic rings. The molecule has 0 saturated heterocycles. The van der Waals surface area contributed by atoms with Crippen LogP contribution in [0.5, 0.6) is 0 Å². The normalized spacial score (nSPS) is 13.5. The van der Waals surface area contributed by atoms with Crippen molar-refractivity contribution in [1.29, 1.82) is 0 Å². The maximum absolute atomic E-state index is 11.9. The molecule has 0 bridgehead atoms. The van der Waals surface area contributed by atoms with Crippen molar-refractivity contribution in [3.8, 4) is 0 Å². The van der Waals surface area contributed by atoms with Crippen LogP contribution in [-0.4, -0.2) is 47.6 Å². The van der Waals surface area contributed by atoms with Gasteiger partial charge in [0.25, 0.3) is 0 Å². The molecule has 0 aromatic heterocycles. The van der Waals surface area contributed by atoms with Gasteiger partial charge in [-0.2, -0.15) is 0 Å². The average Bonchev–Trinajstić information content (AvgIpc) is 3.01. The lowest BCUT2D eigenvalue weighted by atomic mass is 10.0. The van der Waals surface area contributed by atoms with Gasteiger partial charge in [0, 0.05) is 12.8 Å². The highest BCUT2D eigenvalue weighted by molar-refractivity contribution is 5.69.